The normalized spacial score (nSPS) is 20.8. The molecule has 1 fully saturated rings. The molecule has 0 saturated heterocycles. The van der Waals surface area contributed by atoms with Gasteiger partial charge >= 0.3 is 5.97 Å². The third-order valence-corrected chi connectivity index (χ3v) is 3.72. The first-order valence-corrected chi connectivity index (χ1v) is 6.45. The number of carbonyl (C=O) groups is 1. The minimum Gasteiger partial charge on any atom is -0.481 e. The van der Waals surface area contributed by atoms with Gasteiger partial charge in [0.25, 0.3) is 5.69 Å². The molecular formula is C13H12N4O4. The van der Waals surface area contributed by atoms with Crippen molar-refractivity contribution in [3.8, 4) is 11.4 Å². The number of benzene rings is 1. The van der Waals surface area contributed by atoms with E-state index < -0.39 is 16.8 Å². The Hall–Kier alpha value is -2.77. The van der Waals surface area contributed by atoms with Crippen molar-refractivity contribution in [2.75, 3.05) is 0 Å². The van der Waals surface area contributed by atoms with E-state index in [1.54, 1.807) is 12.1 Å². The van der Waals surface area contributed by atoms with E-state index in [0.717, 1.165) is 6.42 Å². The fourth-order valence-electron chi connectivity index (χ4n) is 2.41. The SMILES string of the molecule is O=C(O)C1CCC1n1cnc(-c2cccc([N+](=O)[O-])c2)n1. The van der Waals surface area contributed by atoms with Gasteiger partial charge in [-0.1, -0.05) is 12.1 Å². The zero-order valence-electron chi connectivity index (χ0n) is 10.9. The summed E-state index contributed by atoms with van der Waals surface area (Å²) in [6.45, 7) is 0. The minimum atomic E-state index is -0.835. The molecule has 1 aliphatic carbocycles. The molecule has 2 unspecified atom stereocenters. The number of nitrogens with zero attached hydrogens (tertiary/aromatic N) is 4. The van der Waals surface area contributed by atoms with E-state index in [0.29, 0.717) is 17.8 Å². The number of rotatable bonds is 4. The molecular weight excluding hydrogens is 276 g/mol. The number of nitro groups is 1. The highest BCUT2D eigenvalue weighted by atomic mass is 16.6. The molecule has 1 aliphatic rings. The van der Waals surface area contributed by atoms with Gasteiger partial charge < -0.3 is 5.11 Å². The predicted octanol–water partition coefficient (Wildman–Crippen LogP) is 1.89. The van der Waals surface area contributed by atoms with Gasteiger partial charge in [0.1, 0.15) is 6.33 Å². The molecule has 1 N–H and O–H groups in total. The van der Waals surface area contributed by atoms with Crippen molar-refractivity contribution in [2.24, 2.45) is 5.92 Å². The average Bonchev–Trinajstić information content (AvgIpc) is 2.86. The molecule has 1 aromatic carbocycles. The number of hydrogen-bond donors (Lipinski definition) is 1. The van der Waals surface area contributed by atoms with E-state index in [1.807, 2.05) is 0 Å². The van der Waals surface area contributed by atoms with Crippen molar-refractivity contribution in [3.05, 3.63) is 40.7 Å². The summed E-state index contributed by atoms with van der Waals surface area (Å²) in [5, 5.41) is 24.1. The summed E-state index contributed by atoms with van der Waals surface area (Å²) in [6, 6.07) is 5.85. The van der Waals surface area contributed by atoms with Crippen LogP contribution in [0, 0.1) is 16.0 Å². The van der Waals surface area contributed by atoms with Crippen molar-refractivity contribution in [2.45, 2.75) is 18.9 Å². The number of aliphatic carboxylic acids is 1. The van der Waals surface area contributed by atoms with Crippen LogP contribution in [0.25, 0.3) is 11.4 Å². The first kappa shape index (κ1) is 13.2. The molecule has 1 saturated carbocycles. The van der Waals surface area contributed by atoms with Crippen LogP contribution < -0.4 is 0 Å². The standard InChI is InChI=1S/C13H12N4O4/c18-13(19)10-4-5-11(10)16-7-14-12(15-16)8-2-1-3-9(6-8)17(20)21/h1-3,6-7,10-11H,4-5H2,(H,18,19). The fourth-order valence-corrected chi connectivity index (χ4v) is 2.41. The third-order valence-electron chi connectivity index (χ3n) is 3.72. The molecule has 2 atom stereocenters. The lowest BCUT2D eigenvalue weighted by atomic mass is 9.80. The minimum absolute atomic E-state index is 0.0316. The highest BCUT2D eigenvalue weighted by Crippen LogP contribution is 2.38. The Kier molecular flexibility index (Phi) is 3.13. The molecule has 2 aromatic rings. The Balaban J connectivity index is 1.87. The van der Waals surface area contributed by atoms with Gasteiger partial charge in [-0.2, -0.15) is 5.10 Å². The van der Waals surface area contributed by atoms with E-state index in [-0.39, 0.29) is 11.7 Å². The molecule has 8 nitrogen and oxygen atoms in total. The van der Waals surface area contributed by atoms with E-state index >= 15 is 0 Å². The highest BCUT2D eigenvalue weighted by molar-refractivity contribution is 5.71. The Morgan fingerprint density at radius 2 is 2.24 bits per heavy atom. The lowest BCUT2D eigenvalue weighted by molar-refractivity contribution is -0.384. The van der Waals surface area contributed by atoms with E-state index in [2.05, 4.69) is 10.1 Å². The Morgan fingerprint density at radius 1 is 1.43 bits per heavy atom. The quantitative estimate of drug-likeness (QED) is 0.679. The predicted molar refractivity (Wildman–Crippen MR) is 71.5 cm³/mol. The summed E-state index contributed by atoms with van der Waals surface area (Å²) < 4.78 is 1.54. The van der Waals surface area contributed by atoms with Crippen molar-refractivity contribution < 1.29 is 14.8 Å². The second-order valence-corrected chi connectivity index (χ2v) is 4.95. The van der Waals surface area contributed by atoms with Gasteiger partial charge in [0.05, 0.1) is 16.9 Å². The second-order valence-electron chi connectivity index (χ2n) is 4.95. The molecule has 0 radical (unpaired) electrons. The van der Waals surface area contributed by atoms with Gasteiger partial charge in [0.15, 0.2) is 5.82 Å². The number of carboxylic acid groups (broad SMARTS) is 1. The Labute approximate surface area is 119 Å². The van der Waals surface area contributed by atoms with E-state index in [4.69, 9.17) is 5.11 Å². The van der Waals surface area contributed by atoms with E-state index in [9.17, 15) is 14.9 Å². The molecule has 0 amide bonds. The van der Waals surface area contributed by atoms with Crippen LogP contribution in [-0.2, 0) is 4.79 Å². The maximum atomic E-state index is 11.0. The maximum absolute atomic E-state index is 11.0. The van der Waals surface area contributed by atoms with Crippen LogP contribution in [0.5, 0.6) is 0 Å². The zero-order valence-corrected chi connectivity index (χ0v) is 10.9. The van der Waals surface area contributed by atoms with Crippen molar-refractivity contribution in [3.63, 3.8) is 0 Å². The molecule has 3 rings (SSSR count). The molecule has 8 heteroatoms. The van der Waals surface area contributed by atoms with Gasteiger partial charge in [0, 0.05) is 17.7 Å². The molecule has 1 aromatic heterocycles. The average molecular weight is 288 g/mol. The highest BCUT2D eigenvalue weighted by Gasteiger charge is 2.38. The molecule has 1 heterocycles. The monoisotopic (exact) mass is 288 g/mol. The van der Waals surface area contributed by atoms with Gasteiger partial charge in [-0.25, -0.2) is 9.67 Å². The summed E-state index contributed by atoms with van der Waals surface area (Å²) in [5.74, 6) is -0.918. The topological polar surface area (TPSA) is 111 Å². The maximum Gasteiger partial charge on any atom is 0.308 e. The number of nitro benzene ring substituents is 1. The molecule has 0 aliphatic heterocycles. The summed E-state index contributed by atoms with van der Waals surface area (Å²) in [6.07, 6.45) is 2.86. The lowest BCUT2D eigenvalue weighted by Gasteiger charge is -2.32. The summed E-state index contributed by atoms with van der Waals surface area (Å²) in [5.41, 5.74) is 0.505. The van der Waals surface area contributed by atoms with Gasteiger partial charge in [-0.3, -0.25) is 14.9 Å². The van der Waals surface area contributed by atoms with Crippen LogP contribution in [0.15, 0.2) is 30.6 Å². The van der Waals surface area contributed by atoms with E-state index in [1.165, 1.54) is 23.1 Å². The Bertz CT molecular complexity index is 712. The van der Waals surface area contributed by atoms with Crippen LogP contribution in [0.4, 0.5) is 5.69 Å². The molecule has 0 bridgehead atoms. The second kappa shape index (κ2) is 4.97. The third kappa shape index (κ3) is 2.35. The van der Waals surface area contributed by atoms with Crippen LogP contribution in [0.1, 0.15) is 18.9 Å². The van der Waals surface area contributed by atoms with Crippen LogP contribution in [0.2, 0.25) is 0 Å². The molecule has 0 spiro atoms. The van der Waals surface area contributed by atoms with Crippen LogP contribution in [0.3, 0.4) is 0 Å². The number of carboxylic acids is 1. The van der Waals surface area contributed by atoms with Crippen LogP contribution >= 0.6 is 0 Å². The smallest absolute Gasteiger partial charge is 0.308 e. The number of hydrogen-bond acceptors (Lipinski definition) is 5. The van der Waals surface area contributed by atoms with Crippen molar-refractivity contribution >= 4 is 11.7 Å². The summed E-state index contributed by atoms with van der Waals surface area (Å²) in [4.78, 5) is 25.4. The fraction of sp³-hybridized carbons (Fsp3) is 0.308. The first-order chi connectivity index (χ1) is 10.1. The van der Waals surface area contributed by atoms with Gasteiger partial charge in [-0.05, 0) is 12.8 Å². The number of aromatic nitrogens is 3. The summed E-state index contributed by atoms with van der Waals surface area (Å²) in [7, 11) is 0. The largest absolute Gasteiger partial charge is 0.481 e. The Morgan fingerprint density at radius 3 is 2.86 bits per heavy atom. The number of non-ortho nitro benzene ring substituents is 1. The summed E-state index contributed by atoms with van der Waals surface area (Å²) >= 11 is 0. The van der Waals surface area contributed by atoms with Gasteiger partial charge in [-0.15, -0.1) is 0 Å². The van der Waals surface area contributed by atoms with Crippen molar-refractivity contribution in [1.82, 2.24) is 14.8 Å². The van der Waals surface area contributed by atoms with Gasteiger partial charge in [0.2, 0.25) is 0 Å². The first-order valence-electron chi connectivity index (χ1n) is 6.45. The molecule has 21 heavy (non-hydrogen) atoms. The lowest BCUT2D eigenvalue weighted by Crippen LogP contribution is -2.35. The van der Waals surface area contributed by atoms with Crippen molar-refractivity contribution in [1.29, 1.82) is 0 Å². The van der Waals surface area contributed by atoms with Crippen LogP contribution in [-0.4, -0.2) is 30.8 Å². The zero-order chi connectivity index (χ0) is 15.0. The molecule has 108 valence electrons.